The van der Waals surface area contributed by atoms with Gasteiger partial charge in [-0.2, -0.15) is 0 Å². The number of carbonyl (C=O) groups is 2. The van der Waals surface area contributed by atoms with Gasteiger partial charge in [0.2, 0.25) is 5.91 Å². The van der Waals surface area contributed by atoms with Crippen molar-refractivity contribution >= 4 is 17.5 Å². The second-order valence-corrected chi connectivity index (χ2v) is 8.77. The fourth-order valence-electron chi connectivity index (χ4n) is 4.08. The van der Waals surface area contributed by atoms with Gasteiger partial charge < -0.3 is 15.2 Å². The molecule has 2 amide bonds. The summed E-state index contributed by atoms with van der Waals surface area (Å²) in [5.41, 5.74) is 4.14. The van der Waals surface area contributed by atoms with Gasteiger partial charge in [0.15, 0.2) is 0 Å². The highest BCUT2D eigenvalue weighted by atomic mass is 16.2. The number of nitrogens with zero attached hydrogens (tertiary/aromatic N) is 2. The molecule has 0 bridgehead atoms. The van der Waals surface area contributed by atoms with Crippen LogP contribution >= 0.6 is 0 Å². The summed E-state index contributed by atoms with van der Waals surface area (Å²) in [6.07, 6.45) is 5.53. The first-order valence-electron chi connectivity index (χ1n) is 11.3. The normalized spacial score (nSPS) is 14.0. The molecule has 0 fully saturated rings. The third-order valence-corrected chi connectivity index (χ3v) is 5.98. The van der Waals surface area contributed by atoms with Crippen LogP contribution in [0.1, 0.15) is 48.4 Å². The van der Waals surface area contributed by atoms with Gasteiger partial charge in [-0.05, 0) is 49.4 Å². The number of aromatic nitrogens is 2. The van der Waals surface area contributed by atoms with E-state index in [1.807, 2.05) is 63.2 Å². The van der Waals surface area contributed by atoms with E-state index >= 15 is 0 Å². The van der Waals surface area contributed by atoms with Crippen molar-refractivity contribution in [2.45, 2.75) is 52.6 Å². The topological polar surface area (TPSA) is 76.0 Å². The monoisotopic (exact) mass is 430 g/mol. The van der Waals surface area contributed by atoms with Crippen LogP contribution in [-0.4, -0.2) is 27.4 Å². The Labute approximate surface area is 189 Å². The first-order valence-corrected chi connectivity index (χ1v) is 11.3. The molecule has 1 unspecified atom stereocenters. The van der Waals surface area contributed by atoms with Crippen LogP contribution in [0.4, 0.5) is 5.69 Å². The van der Waals surface area contributed by atoms with E-state index in [9.17, 15) is 9.59 Å². The average molecular weight is 431 g/mol. The number of hydrogen-bond acceptors (Lipinski definition) is 3. The molecule has 1 aliphatic rings. The van der Waals surface area contributed by atoms with Crippen LogP contribution in [0.25, 0.3) is 11.3 Å². The Morgan fingerprint density at radius 2 is 1.78 bits per heavy atom. The smallest absolute Gasteiger partial charge is 0.252 e. The predicted molar refractivity (Wildman–Crippen MR) is 127 cm³/mol. The van der Waals surface area contributed by atoms with E-state index in [-0.39, 0.29) is 17.7 Å². The Morgan fingerprint density at radius 1 is 1.03 bits per heavy atom. The van der Waals surface area contributed by atoms with Crippen molar-refractivity contribution in [3.8, 4) is 11.3 Å². The molecule has 32 heavy (non-hydrogen) atoms. The number of amides is 2. The lowest BCUT2D eigenvalue weighted by Crippen LogP contribution is -2.47. The number of carbonyl (C=O) groups excluding carboxylic acids is 2. The molecule has 6 nitrogen and oxygen atoms in total. The van der Waals surface area contributed by atoms with Crippen molar-refractivity contribution in [1.29, 1.82) is 0 Å². The minimum absolute atomic E-state index is 0.0564. The second-order valence-electron chi connectivity index (χ2n) is 8.77. The largest absolute Gasteiger partial charge is 0.340 e. The van der Waals surface area contributed by atoms with Crippen LogP contribution in [0.3, 0.4) is 0 Å². The number of rotatable bonds is 6. The maximum atomic E-state index is 13.0. The summed E-state index contributed by atoms with van der Waals surface area (Å²) in [6.45, 7) is 6.76. The van der Waals surface area contributed by atoms with E-state index in [0.717, 1.165) is 35.6 Å². The first-order chi connectivity index (χ1) is 15.4. The molecule has 3 aromatic rings. The van der Waals surface area contributed by atoms with Crippen molar-refractivity contribution in [3.63, 3.8) is 0 Å². The van der Waals surface area contributed by atoms with Gasteiger partial charge in [-0.25, -0.2) is 4.98 Å². The number of aryl methyl sites for hydroxylation is 3. The Kier molecular flexibility index (Phi) is 6.40. The molecule has 0 spiro atoms. The standard InChI is InChI=1S/C26H30N4O2/c1-17(2)24(29-25(31)21-9-5-4-8-18(21)3)26(32)27-20-13-11-19(12-14-20)22-16-30-15-7-6-10-23(30)28-22/h4-5,8-9,11-14,16-17,24H,6-7,10,15H2,1-3H3,(H,27,32)(H,29,31). The van der Waals surface area contributed by atoms with Gasteiger partial charge in [0.1, 0.15) is 11.9 Å². The van der Waals surface area contributed by atoms with Gasteiger partial charge >= 0.3 is 0 Å². The average Bonchev–Trinajstić information content (AvgIpc) is 3.22. The van der Waals surface area contributed by atoms with Crippen molar-refractivity contribution in [2.75, 3.05) is 5.32 Å². The van der Waals surface area contributed by atoms with Crippen molar-refractivity contribution in [1.82, 2.24) is 14.9 Å². The molecule has 0 saturated carbocycles. The summed E-state index contributed by atoms with van der Waals surface area (Å²) in [6, 6.07) is 14.4. The van der Waals surface area contributed by atoms with Crippen LogP contribution in [0.15, 0.2) is 54.7 Å². The molecule has 166 valence electrons. The molecule has 1 aliphatic heterocycles. The van der Waals surface area contributed by atoms with E-state index in [1.54, 1.807) is 6.07 Å². The van der Waals surface area contributed by atoms with Gasteiger partial charge in [-0.3, -0.25) is 9.59 Å². The number of fused-ring (bicyclic) bond motifs is 1. The lowest BCUT2D eigenvalue weighted by Gasteiger charge is -2.22. The molecular formula is C26H30N4O2. The zero-order valence-corrected chi connectivity index (χ0v) is 18.9. The number of benzene rings is 2. The van der Waals surface area contributed by atoms with E-state index in [2.05, 4.69) is 21.4 Å². The SMILES string of the molecule is Cc1ccccc1C(=O)NC(C(=O)Nc1ccc(-c2cn3c(n2)CCCC3)cc1)C(C)C. The summed E-state index contributed by atoms with van der Waals surface area (Å²) >= 11 is 0. The molecule has 0 radical (unpaired) electrons. The Bertz CT molecular complexity index is 1090. The first kappa shape index (κ1) is 21.8. The van der Waals surface area contributed by atoms with Crippen LogP contribution < -0.4 is 10.6 Å². The minimum atomic E-state index is -0.637. The predicted octanol–water partition coefficient (Wildman–Crippen LogP) is 4.59. The minimum Gasteiger partial charge on any atom is -0.340 e. The molecule has 1 aromatic heterocycles. The highest BCUT2D eigenvalue weighted by Crippen LogP contribution is 2.24. The number of anilines is 1. The molecular weight excluding hydrogens is 400 g/mol. The molecule has 6 heteroatoms. The van der Waals surface area contributed by atoms with Crippen molar-refractivity contribution < 1.29 is 9.59 Å². The summed E-state index contributed by atoms with van der Waals surface area (Å²) in [4.78, 5) is 30.4. The summed E-state index contributed by atoms with van der Waals surface area (Å²) in [5, 5.41) is 5.84. The van der Waals surface area contributed by atoms with Gasteiger partial charge in [0.05, 0.1) is 5.69 Å². The highest BCUT2D eigenvalue weighted by Gasteiger charge is 2.25. The van der Waals surface area contributed by atoms with Gasteiger partial charge in [-0.15, -0.1) is 0 Å². The van der Waals surface area contributed by atoms with Crippen LogP contribution in [0.2, 0.25) is 0 Å². The summed E-state index contributed by atoms with van der Waals surface area (Å²) in [7, 11) is 0. The zero-order valence-electron chi connectivity index (χ0n) is 18.9. The molecule has 2 heterocycles. The highest BCUT2D eigenvalue weighted by molar-refractivity contribution is 6.02. The van der Waals surface area contributed by atoms with Gasteiger partial charge in [0, 0.05) is 36.0 Å². The Morgan fingerprint density at radius 3 is 2.47 bits per heavy atom. The number of hydrogen-bond donors (Lipinski definition) is 2. The van der Waals surface area contributed by atoms with E-state index < -0.39 is 6.04 Å². The molecule has 2 N–H and O–H groups in total. The van der Waals surface area contributed by atoms with Crippen molar-refractivity contribution in [2.24, 2.45) is 5.92 Å². The van der Waals surface area contributed by atoms with E-state index in [4.69, 9.17) is 4.98 Å². The number of nitrogens with one attached hydrogen (secondary N) is 2. The fourth-order valence-corrected chi connectivity index (χ4v) is 4.08. The molecule has 0 saturated heterocycles. The second kappa shape index (κ2) is 9.39. The summed E-state index contributed by atoms with van der Waals surface area (Å²) in [5.74, 6) is 0.620. The third-order valence-electron chi connectivity index (χ3n) is 5.98. The van der Waals surface area contributed by atoms with Crippen LogP contribution in [0.5, 0.6) is 0 Å². The Hall–Kier alpha value is -3.41. The number of imidazole rings is 1. The Balaban J connectivity index is 1.44. The molecule has 0 aliphatic carbocycles. The fraction of sp³-hybridized carbons (Fsp3) is 0.346. The molecule has 1 atom stereocenters. The van der Waals surface area contributed by atoms with Crippen LogP contribution in [-0.2, 0) is 17.8 Å². The summed E-state index contributed by atoms with van der Waals surface area (Å²) < 4.78 is 2.24. The molecule has 2 aromatic carbocycles. The van der Waals surface area contributed by atoms with E-state index in [0.29, 0.717) is 11.3 Å². The van der Waals surface area contributed by atoms with E-state index in [1.165, 1.54) is 12.8 Å². The van der Waals surface area contributed by atoms with Gasteiger partial charge in [0.25, 0.3) is 5.91 Å². The van der Waals surface area contributed by atoms with Crippen LogP contribution in [0, 0.1) is 12.8 Å². The molecule has 4 rings (SSSR count). The third kappa shape index (κ3) is 4.74. The van der Waals surface area contributed by atoms with Crippen molar-refractivity contribution in [3.05, 3.63) is 71.7 Å². The zero-order chi connectivity index (χ0) is 22.7. The maximum absolute atomic E-state index is 13.0. The maximum Gasteiger partial charge on any atom is 0.252 e. The van der Waals surface area contributed by atoms with Gasteiger partial charge in [-0.1, -0.05) is 44.2 Å². The lowest BCUT2D eigenvalue weighted by atomic mass is 10.0. The lowest BCUT2D eigenvalue weighted by molar-refractivity contribution is -0.118. The quantitative estimate of drug-likeness (QED) is 0.601.